The Morgan fingerprint density at radius 2 is 1.93 bits per heavy atom. The second-order valence-electron chi connectivity index (χ2n) is 6.97. The molecule has 1 unspecified atom stereocenters. The molecule has 1 saturated heterocycles. The van der Waals surface area contributed by atoms with Gasteiger partial charge in [-0.3, -0.25) is 19.7 Å². The number of nitrogens with zero attached hydrogens (tertiary/aromatic N) is 3. The van der Waals surface area contributed by atoms with E-state index >= 15 is 0 Å². The molecule has 1 fully saturated rings. The Kier molecular flexibility index (Phi) is 6.92. The molecule has 1 atom stereocenters. The molecule has 9 heteroatoms. The number of amides is 3. The van der Waals surface area contributed by atoms with Gasteiger partial charge in [0.2, 0.25) is 16.9 Å². The van der Waals surface area contributed by atoms with E-state index < -0.39 is 0 Å². The molecule has 2 N–H and O–H groups in total. The van der Waals surface area contributed by atoms with Crippen molar-refractivity contribution in [3.63, 3.8) is 0 Å². The first-order valence-corrected chi connectivity index (χ1v) is 10.6. The van der Waals surface area contributed by atoms with Gasteiger partial charge in [-0.15, -0.1) is 10.2 Å². The summed E-state index contributed by atoms with van der Waals surface area (Å²) in [7, 11) is 0. The van der Waals surface area contributed by atoms with Crippen LogP contribution < -0.4 is 10.6 Å². The van der Waals surface area contributed by atoms with Crippen molar-refractivity contribution >= 4 is 39.9 Å². The van der Waals surface area contributed by atoms with E-state index in [1.807, 2.05) is 6.92 Å². The van der Waals surface area contributed by atoms with Crippen LogP contribution in [-0.4, -0.2) is 45.9 Å². The second kappa shape index (κ2) is 9.60. The summed E-state index contributed by atoms with van der Waals surface area (Å²) in [5, 5.41) is 14.8. The van der Waals surface area contributed by atoms with Crippen molar-refractivity contribution in [2.45, 2.75) is 39.5 Å². The molecule has 0 saturated carbocycles. The molecule has 1 aromatic carbocycles. The zero-order valence-electron chi connectivity index (χ0n) is 16.6. The Bertz CT molecular complexity index is 880. The van der Waals surface area contributed by atoms with Gasteiger partial charge in [0.1, 0.15) is 5.01 Å². The summed E-state index contributed by atoms with van der Waals surface area (Å²) in [4.78, 5) is 38.6. The van der Waals surface area contributed by atoms with Gasteiger partial charge in [-0.05, 0) is 37.1 Å². The highest BCUT2D eigenvalue weighted by Crippen LogP contribution is 2.21. The van der Waals surface area contributed by atoms with Gasteiger partial charge in [0, 0.05) is 30.8 Å². The smallest absolute Gasteiger partial charge is 0.257 e. The fraction of sp³-hybridized carbons (Fsp3) is 0.450. The van der Waals surface area contributed by atoms with Gasteiger partial charge in [-0.2, -0.15) is 0 Å². The standard InChI is InChI=1S/C20H25N5O3S/c1-3-5-10-25-12-14(11-17(25)26)19(28)21-15-8-6-13(7-9-15)18(27)22-20-24-23-16(4-2)29-20/h6-9,14H,3-5,10-12H2,1-2H3,(H,21,28)(H,22,24,27). The normalized spacial score (nSPS) is 16.1. The first-order valence-electron chi connectivity index (χ1n) is 9.82. The molecule has 2 aromatic rings. The minimum Gasteiger partial charge on any atom is -0.342 e. The van der Waals surface area contributed by atoms with E-state index in [1.165, 1.54) is 11.3 Å². The summed E-state index contributed by atoms with van der Waals surface area (Å²) in [6.45, 7) is 5.22. The maximum atomic E-state index is 12.5. The predicted octanol–water partition coefficient (Wildman–Crippen LogP) is 2.94. The van der Waals surface area contributed by atoms with E-state index in [0.29, 0.717) is 29.5 Å². The van der Waals surface area contributed by atoms with Crippen LogP contribution in [-0.2, 0) is 16.0 Å². The first kappa shape index (κ1) is 20.9. The number of nitrogens with one attached hydrogen (secondary N) is 2. The lowest BCUT2D eigenvalue weighted by molar-refractivity contribution is -0.128. The van der Waals surface area contributed by atoms with Crippen LogP contribution in [0.25, 0.3) is 0 Å². The first-order chi connectivity index (χ1) is 14.0. The van der Waals surface area contributed by atoms with Gasteiger partial charge >= 0.3 is 0 Å². The minimum atomic E-state index is -0.340. The van der Waals surface area contributed by atoms with Crippen molar-refractivity contribution in [2.75, 3.05) is 23.7 Å². The van der Waals surface area contributed by atoms with Gasteiger partial charge in [0.05, 0.1) is 5.92 Å². The quantitative estimate of drug-likeness (QED) is 0.690. The molecule has 8 nitrogen and oxygen atoms in total. The number of benzene rings is 1. The molecule has 1 aromatic heterocycles. The van der Waals surface area contributed by atoms with Crippen LogP contribution in [0.4, 0.5) is 10.8 Å². The summed E-state index contributed by atoms with van der Waals surface area (Å²) in [6.07, 6.45) is 2.97. The van der Waals surface area contributed by atoms with Crippen molar-refractivity contribution in [1.29, 1.82) is 0 Å². The maximum Gasteiger partial charge on any atom is 0.257 e. The third-order valence-electron chi connectivity index (χ3n) is 4.77. The fourth-order valence-corrected chi connectivity index (χ4v) is 3.75. The average molecular weight is 416 g/mol. The Hall–Kier alpha value is -2.81. The van der Waals surface area contributed by atoms with Gasteiger partial charge in [0.15, 0.2) is 0 Å². The largest absolute Gasteiger partial charge is 0.342 e. The summed E-state index contributed by atoms with van der Waals surface area (Å²) < 4.78 is 0. The summed E-state index contributed by atoms with van der Waals surface area (Å²) in [5.41, 5.74) is 1.05. The van der Waals surface area contributed by atoms with Gasteiger partial charge in [-0.1, -0.05) is 31.6 Å². The van der Waals surface area contributed by atoms with Crippen molar-refractivity contribution in [2.24, 2.45) is 5.92 Å². The number of hydrogen-bond donors (Lipinski definition) is 2. The monoisotopic (exact) mass is 415 g/mol. The maximum absolute atomic E-state index is 12.5. The fourth-order valence-electron chi connectivity index (χ4n) is 3.08. The van der Waals surface area contributed by atoms with E-state index in [1.54, 1.807) is 29.2 Å². The number of carbonyl (C=O) groups is 3. The lowest BCUT2D eigenvalue weighted by Crippen LogP contribution is -2.29. The molecule has 0 radical (unpaired) electrons. The van der Waals surface area contributed by atoms with E-state index in [4.69, 9.17) is 0 Å². The summed E-state index contributed by atoms with van der Waals surface area (Å²) in [5.74, 6) is -0.758. The highest BCUT2D eigenvalue weighted by Gasteiger charge is 2.33. The van der Waals surface area contributed by atoms with Crippen molar-refractivity contribution < 1.29 is 14.4 Å². The molecular weight excluding hydrogens is 390 g/mol. The molecule has 0 spiro atoms. The minimum absolute atomic E-state index is 0.0357. The zero-order chi connectivity index (χ0) is 20.8. The highest BCUT2D eigenvalue weighted by atomic mass is 32.1. The number of carbonyl (C=O) groups excluding carboxylic acids is 3. The molecule has 1 aliphatic heterocycles. The molecule has 1 aliphatic rings. The molecule has 0 bridgehead atoms. The second-order valence-corrected chi connectivity index (χ2v) is 8.03. The Labute approximate surface area is 173 Å². The molecule has 3 rings (SSSR count). The molecule has 154 valence electrons. The van der Waals surface area contributed by atoms with E-state index in [0.717, 1.165) is 24.3 Å². The number of unbranched alkanes of at least 4 members (excludes halogenated alkanes) is 1. The Balaban J connectivity index is 1.54. The van der Waals surface area contributed by atoms with E-state index in [-0.39, 0.29) is 30.1 Å². The topological polar surface area (TPSA) is 104 Å². The molecule has 29 heavy (non-hydrogen) atoms. The summed E-state index contributed by atoms with van der Waals surface area (Å²) >= 11 is 1.34. The van der Waals surface area contributed by atoms with E-state index in [2.05, 4.69) is 27.8 Å². The Morgan fingerprint density at radius 1 is 1.17 bits per heavy atom. The molecule has 3 amide bonds. The predicted molar refractivity (Wildman–Crippen MR) is 112 cm³/mol. The lowest BCUT2D eigenvalue weighted by atomic mass is 10.1. The van der Waals surface area contributed by atoms with Crippen molar-refractivity contribution in [3.8, 4) is 0 Å². The molecule has 2 heterocycles. The third-order valence-corrected chi connectivity index (χ3v) is 5.75. The van der Waals surface area contributed by atoms with Crippen LogP contribution in [0.15, 0.2) is 24.3 Å². The van der Waals surface area contributed by atoms with E-state index in [9.17, 15) is 14.4 Å². The van der Waals surface area contributed by atoms with Crippen molar-refractivity contribution in [1.82, 2.24) is 15.1 Å². The highest BCUT2D eigenvalue weighted by molar-refractivity contribution is 7.15. The third kappa shape index (κ3) is 5.38. The van der Waals surface area contributed by atoms with Crippen LogP contribution in [0.5, 0.6) is 0 Å². The van der Waals surface area contributed by atoms with Gasteiger partial charge in [-0.25, -0.2) is 0 Å². The Morgan fingerprint density at radius 3 is 2.59 bits per heavy atom. The van der Waals surface area contributed by atoms with Crippen LogP contribution in [0.3, 0.4) is 0 Å². The van der Waals surface area contributed by atoms with Gasteiger partial charge in [0.25, 0.3) is 5.91 Å². The van der Waals surface area contributed by atoms with Gasteiger partial charge < -0.3 is 10.2 Å². The average Bonchev–Trinajstić information content (AvgIpc) is 3.33. The number of likely N-dealkylation sites (tertiary alicyclic amines) is 1. The van der Waals surface area contributed by atoms with Crippen LogP contribution >= 0.6 is 11.3 Å². The van der Waals surface area contributed by atoms with Crippen LogP contribution in [0.1, 0.15) is 48.5 Å². The summed E-state index contributed by atoms with van der Waals surface area (Å²) in [6, 6.07) is 6.63. The number of aryl methyl sites for hydroxylation is 1. The zero-order valence-corrected chi connectivity index (χ0v) is 17.4. The number of anilines is 2. The molecular formula is C20H25N5O3S. The SMILES string of the molecule is CCCCN1CC(C(=O)Nc2ccc(C(=O)Nc3nnc(CC)s3)cc2)CC1=O. The van der Waals surface area contributed by atoms with Crippen molar-refractivity contribution in [3.05, 3.63) is 34.8 Å². The molecule has 0 aliphatic carbocycles. The number of rotatable bonds is 8. The lowest BCUT2D eigenvalue weighted by Gasteiger charge is -2.16. The van der Waals surface area contributed by atoms with Crippen LogP contribution in [0.2, 0.25) is 0 Å². The number of aromatic nitrogens is 2. The number of hydrogen-bond acceptors (Lipinski definition) is 6. The van der Waals surface area contributed by atoms with Crippen LogP contribution in [0, 0.1) is 5.92 Å².